The molecule has 6 nitrogen and oxygen atoms in total. The van der Waals surface area contributed by atoms with E-state index in [1.165, 1.54) is 12.1 Å². The third-order valence-corrected chi connectivity index (χ3v) is 8.60. The third kappa shape index (κ3) is 8.56. The number of allylic oxidation sites excluding steroid dienone is 2. The zero-order valence-corrected chi connectivity index (χ0v) is 26.9. The summed E-state index contributed by atoms with van der Waals surface area (Å²) in [5.74, 6) is -3.29. The number of nitrogens with one attached hydrogen (secondary N) is 1. The minimum Gasteiger partial charge on any atom is -0.391 e. The summed E-state index contributed by atoms with van der Waals surface area (Å²) in [4.78, 5) is 29.0. The highest BCUT2D eigenvalue weighted by Gasteiger charge is 2.48. The maximum Gasteiger partial charge on any atom is 0.249 e. The molecule has 1 aliphatic carbocycles. The number of primary amides is 1. The molecule has 4 rings (SSSR count). The Morgan fingerprint density at radius 3 is 2.22 bits per heavy atom. The van der Waals surface area contributed by atoms with E-state index in [0.29, 0.717) is 30.8 Å². The normalized spacial score (nSPS) is 17.5. The van der Waals surface area contributed by atoms with Crippen LogP contribution in [0.5, 0.6) is 0 Å². The summed E-state index contributed by atoms with van der Waals surface area (Å²) in [5, 5.41) is 15.1. The molecule has 0 fully saturated rings. The number of rotatable bonds is 15. The Morgan fingerprint density at radius 1 is 0.935 bits per heavy atom. The van der Waals surface area contributed by atoms with Gasteiger partial charge in [0.05, 0.1) is 11.5 Å². The van der Waals surface area contributed by atoms with Crippen molar-refractivity contribution in [3.05, 3.63) is 119 Å². The molecule has 3 aromatic rings. The van der Waals surface area contributed by atoms with Crippen molar-refractivity contribution in [2.24, 2.45) is 17.1 Å². The first kappa shape index (κ1) is 34.7. The van der Waals surface area contributed by atoms with Crippen LogP contribution in [0.15, 0.2) is 96.1 Å². The lowest BCUT2D eigenvalue weighted by Gasteiger charge is -2.42. The standard InChI is InChI=1S/C38H45F2N3O3/c1-4-14-43(15-5-2)36(45)31-16-26(3)22-38(23-31,37(41)46)34(20-28-18-32(39)21-33(40)19-28)35(44)25-42-24-27-10-9-13-30(17-27)29-11-7-6-8-12-29/h6-13,16-19,21-22,34-35,42,44H,4-5,14-15,20,23-25H2,1-3H3,(H2,41,46)/t34-,35+,38?/m1/s1. The molecule has 244 valence electrons. The van der Waals surface area contributed by atoms with Gasteiger partial charge in [-0.2, -0.15) is 0 Å². The molecule has 2 amide bonds. The van der Waals surface area contributed by atoms with Crippen LogP contribution in [0.4, 0.5) is 8.78 Å². The van der Waals surface area contributed by atoms with Gasteiger partial charge in [-0.3, -0.25) is 9.59 Å². The maximum absolute atomic E-state index is 14.3. The zero-order chi connectivity index (χ0) is 33.3. The first-order valence-corrected chi connectivity index (χ1v) is 16.0. The van der Waals surface area contributed by atoms with Gasteiger partial charge in [0.1, 0.15) is 11.6 Å². The number of nitrogens with zero attached hydrogens (tertiary/aromatic N) is 1. The number of aliphatic hydroxyl groups excluding tert-OH is 1. The smallest absolute Gasteiger partial charge is 0.249 e. The summed E-state index contributed by atoms with van der Waals surface area (Å²) in [6.07, 6.45) is 3.82. The Balaban J connectivity index is 1.63. The Labute approximate surface area is 271 Å². The highest BCUT2D eigenvalue weighted by Crippen LogP contribution is 2.44. The van der Waals surface area contributed by atoms with Gasteiger partial charge < -0.3 is 21.1 Å². The molecular formula is C38H45F2N3O3. The molecule has 1 aliphatic rings. The SMILES string of the molecule is CCCN(CCC)C(=O)C1=CC(C)=CC(C(N)=O)([C@H](Cc2cc(F)cc(F)c2)[C@@H](O)CNCc2cccc(-c3ccccc3)c2)C1. The molecular weight excluding hydrogens is 584 g/mol. The number of benzene rings is 3. The largest absolute Gasteiger partial charge is 0.391 e. The van der Waals surface area contributed by atoms with E-state index in [1.54, 1.807) is 24.0 Å². The van der Waals surface area contributed by atoms with Crippen LogP contribution in [-0.4, -0.2) is 47.6 Å². The molecule has 0 saturated heterocycles. The van der Waals surface area contributed by atoms with Crippen molar-refractivity contribution in [1.82, 2.24) is 10.2 Å². The van der Waals surface area contributed by atoms with E-state index in [1.807, 2.05) is 62.4 Å². The fourth-order valence-electron chi connectivity index (χ4n) is 6.56. The van der Waals surface area contributed by atoms with Gasteiger partial charge in [0.2, 0.25) is 11.8 Å². The van der Waals surface area contributed by atoms with Crippen molar-refractivity contribution in [2.75, 3.05) is 19.6 Å². The summed E-state index contributed by atoms with van der Waals surface area (Å²) >= 11 is 0. The number of hydrogen-bond acceptors (Lipinski definition) is 4. The van der Waals surface area contributed by atoms with Gasteiger partial charge in [-0.25, -0.2) is 8.78 Å². The molecule has 3 atom stereocenters. The van der Waals surface area contributed by atoms with Gasteiger partial charge in [-0.05, 0) is 73.1 Å². The summed E-state index contributed by atoms with van der Waals surface area (Å²) in [7, 11) is 0. The molecule has 0 heterocycles. The molecule has 3 aromatic carbocycles. The first-order chi connectivity index (χ1) is 22.1. The van der Waals surface area contributed by atoms with Gasteiger partial charge in [-0.15, -0.1) is 0 Å². The molecule has 0 radical (unpaired) electrons. The van der Waals surface area contributed by atoms with Crippen LogP contribution < -0.4 is 11.1 Å². The van der Waals surface area contributed by atoms with Crippen molar-refractivity contribution in [2.45, 2.75) is 59.1 Å². The number of halogens is 2. The summed E-state index contributed by atoms with van der Waals surface area (Å²) in [5.41, 5.74) is 9.18. The van der Waals surface area contributed by atoms with Crippen LogP contribution >= 0.6 is 0 Å². The molecule has 4 N–H and O–H groups in total. The summed E-state index contributed by atoms with van der Waals surface area (Å²) in [6.45, 7) is 7.44. The van der Waals surface area contributed by atoms with E-state index in [4.69, 9.17) is 5.73 Å². The van der Waals surface area contributed by atoms with Crippen LogP contribution in [-0.2, 0) is 22.6 Å². The van der Waals surface area contributed by atoms with Crippen LogP contribution in [0.1, 0.15) is 51.2 Å². The van der Waals surface area contributed by atoms with Crippen molar-refractivity contribution < 1.29 is 23.5 Å². The van der Waals surface area contributed by atoms with Crippen molar-refractivity contribution in [3.8, 4) is 11.1 Å². The average Bonchev–Trinajstić information content (AvgIpc) is 3.03. The van der Waals surface area contributed by atoms with Gasteiger partial charge in [0, 0.05) is 43.7 Å². The fourth-order valence-corrected chi connectivity index (χ4v) is 6.56. The van der Waals surface area contributed by atoms with Crippen LogP contribution in [0.2, 0.25) is 0 Å². The molecule has 0 bridgehead atoms. The lowest BCUT2D eigenvalue weighted by Crippen LogP contribution is -2.51. The second-order valence-electron chi connectivity index (χ2n) is 12.3. The van der Waals surface area contributed by atoms with E-state index >= 15 is 0 Å². The van der Waals surface area contributed by atoms with Gasteiger partial charge in [0.25, 0.3) is 0 Å². The number of aliphatic hydroxyl groups is 1. The number of nitrogens with two attached hydrogens (primary N) is 1. The molecule has 0 aliphatic heterocycles. The molecule has 1 unspecified atom stereocenters. The van der Waals surface area contributed by atoms with Gasteiger partial charge in [0.15, 0.2) is 0 Å². The lowest BCUT2D eigenvalue weighted by atomic mass is 9.63. The average molecular weight is 630 g/mol. The van der Waals surface area contributed by atoms with Crippen LogP contribution in [0.3, 0.4) is 0 Å². The maximum atomic E-state index is 14.3. The van der Waals surface area contributed by atoms with Crippen LogP contribution in [0.25, 0.3) is 11.1 Å². The van der Waals surface area contributed by atoms with Crippen molar-refractivity contribution in [1.29, 1.82) is 0 Å². The van der Waals surface area contributed by atoms with Crippen molar-refractivity contribution >= 4 is 11.8 Å². The predicted molar refractivity (Wildman–Crippen MR) is 178 cm³/mol. The Morgan fingerprint density at radius 2 is 1.59 bits per heavy atom. The fraction of sp³-hybridized carbons (Fsp3) is 0.368. The summed E-state index contributed by atoms with van der Waals surface area (Å²) < 4.78 is 28.6. The Kier molecular flexibility index (Phi) is 12.0. The van der Waals surface area contributed by atoms with E-state index in [9.17, 15) is 23.5 Å². The molecule has 0 spiro atoms. The molecule has 8 heteroatoms. The molecule has 0 aromatic heterocycles. The molecule has 46 heavy (non-hydrogen) atoms. The second kappa shape index (κ2) is 15.9. The highest BCUT2D eigenvalue weighted by molar-refractivity contribution is 5.97. The van der Waals surface area contributed by atoms with Crippen LogP contribution in [0, 0.1) is 23.0 Å². The first-order valence-electron chi connectivity index (χ1n) is 16.0. The third-order valence-electron chi connectivity index (χ3n) is 8.60. The summed E-state index contributed by atoms with van der Waals surface area (Å²) in [6, 6.07) is 21.2. The van der Waals surface area contributed by atoms with E-state index in [2.05, 4.69) is 11.4 Å². The highest BCUT2D eigenvalue weighted by atomic mass is 19.1. The number of carbonyl (C=O) groups is 2. The van der Waals surface area contributed by atoms with E-state index in [-0.39, 0.29) is 30.9 Å². The number of amides is 2. The topological polar surface area (TPSA) is 95.7 Å². The Bertz CT molecular complexity index is 1550. The number of hydrogen-bond donors (Lipinski definition) is 3. The minimum absolute atomic E-state index is 0.0267. The Hall–Kier alpha value is -4.14. The lowest BCUT2D eigenvalue weighted by molar-refractivity contribution is -0.132. The monoisotopic (exact) mass is 629 g/mol. The number of carbonyl (C=O) groups excluding carboxylic acids is 2. The quantitative estimate of drug-likeness (QED) is 0.183. The van der Waals surface area contributed by atoms with Gasteiger partial charge in [-0.1, -0.05) is 80.1 Å². The van der Waals surface area contributed by atoms with E-state index in [0.717, 1.165) is 35.6 Å². The minimum atomic E-state index is -1.48. The predicted octanol–water partition coefficient (Wildman–Crippen LogP) is 6.34. The van der Waals surface area contributed by atoms with Gasteiger partial charge >= 0.3 is 0 Å². The van der Waals surface area contributed by atoms with E-state index < -0.39 is 35.0 Å². The molecule has 0 saturated carbocycles. The second-order valence-corrected chi connectivity index (χ2v) is 12.3. The zero-order valence-electron chi connectivity index (χ0n) is 26.9. The van der Waals surface area contributed by atoms with Crippen molar-refractivity contribution in [3.63, 3.8) is 0 Å².